The Morgan fingerprint density at radius 1 is 1.30 bits per heavy atom. The highest BCUT2D eigenvalue weighted by Gasteiger charge is 2.28. The Kier molecular flexibility index (Phi) is 7.01. The van der Waals surface area contributed by atoms with E-state index < -0.39 is 5.60 Å². The number of guanidine groups is 1. The predicted molar refractivity (Wildman–Crippen MR) is 102 cm³/mol. The first-order valence-corrected chi connectivity index (χ1v) is 9.40. The number of hydrogen-bond donors (Lipinski definition) is 3. The highest BCUT2D eigenvalue weighted by Crippen LogP contribution is 2.27. The summed E-state index contributed by atoms with van der Waals surface area (Å²) >= 11 is 0. The normalized spacial score (nSPS) is 17.8. The van der Waals surface area contributed by atoms with Crippen LogP contribution in [0.2, 0.25) is 0 Å². The van der Waals surface area contributed by atoms with Crippen LogP contribution in [0, 0.1) is 13.8 Å². The number of aryl methyl sites for hydroxylation is 2. The van der Waals surface area contributed by atoms with Crippen LogP contribution in [-0.2, 0) is 15.2 Å². The zero-order valence-corrected chi connectivity index (χ0v) is 16.6. The van der Waals surface area contributed by atoms with Crippen molar-refractivity contribution in [3.05, 3.63) is 23.2 Å². The van der Waals surface area contributed by atoms with E-state index in [4.69, 9.17) is 4.42 Å². The molecule has 1 unspecified atom stereocenters. The molecule has 1 atom stereocenters. The van der Waals surface area contributed by atoms with Gasteiger partial charge in [0.2, 0.25) is 11.8 Å². The monoisotopic (exact) mass is 378 g/mol. The molecule has 27 heavy (non-hydrogen) atoms. The summed E-state index contributed by atoms with van der Waals surface area (Å²) in [5.74, 6) is 1.69. The molecule has 2 heterocycles. The Hall–Kier alpha value is -2.35. The molecule has 0 saturated carbocycles. The number of furan rings is 1. The molecule has 8 nitrogen and oxygen atoms in total. The summed E-state index contributed by atoms with van der Waals surface area (Å²) in [6, 6.07) is 1.82. The number of aliphatic hydroxyl groups is 1. The standard InChI is InChI=1S/C19H30N4O4/c1-5-20-18(21-9-10-23-16(24)7-6-8-17(23)25)22-12-19(4,26)15-11-13(2)27-14(15)3/h11,26H,5-10,12H2,1-4H3,(H2,20,21,22). The lowest BCUT2D eigenvalue weighted by molar-refractivity contribution is -0.147. The van der Waals surface area contributed by atoms with Crippen molar-refractivity contribution in [3.63, 3.8) is 0 Å². The van der Waals surface area contributed by atoms with Crippen LogP contribution < -0.4 is 10.6 Å². The Morgan fingerprint density at radius 3 is 2.52 bits per heavy atom. The number of piperidine rings is 1. The third-order valence-electron chi connectivity index (χ3n) is 4.52. The van der Waals surface area contributed by atoms with Crippen LogP contribution in [0.1, 0.15) is 50.2 Å². The van der Waals surface area contributed by atoms with Crippen LogP contribution in [0.3, 0.4) is 0 Å². The lowest BCUT2D eigenvalue weighted by atomic mass is 9.96. The Balaban J connectivity index is 1.96. The average Bonchev–Trinajstić information content (AvgIpc) is 2.94. The molecule has 1 fully saturated rings. The molecule has 1 aromatic rings. The summed E-state index contributed by atoms with van der Waals surface area (Å²) in [5, 5.41) is 17.0. The van der Waals surface area contributed by atoms with E-state index in [2.05, 4.69) is 15.6 Å². The molecule has 3 N–H and O–H groups in total. The van der Waals surface area contributed by atoms with E-state index in [9.17, 15) is 14.7 Å². The van der Waals surface area contributed by atoms with Crippen LogP contribution in [-0.4, -0.2) is 54.0 Å². The van der Waals surface area contributed by atoms with Crippen molar-refractivity contribution in [1.29, 1.82) is 0 Å². The second kappa shape index (κ2) is 9.03. The van der Waals surface area contributed by atoms with E-state index in [1.807, 2.05) is 26.8 Å². The number of hydrogen-bond acceptors (Lipinski definition) is 5. The molecule has 2 rings (SSSR count). The SMILES string of the molecule is CCNC(=NCC(C)(O)c1cc(C)oc1C)NCCN1C(=O)CCCC1=O. The zero-order chi connectivity index (χ0) is 20.0. The van der Waals surface area contributed by atoms with Gasteiger partial charge >= 0.3 is 0 Å². The van der Waals surface area contributed by atoms with Gasteiger partial charge in [-0.2, -0.15) is 0 Å². The maximum absolute atomic E-state index is 11.8. The van der Waals surface area contributed by atoms with Crippen LogP contribution in [0.15, 0.2) is 15.5 Å². The number of amides is 2. The number of aliphatic imine (C=N–C) groups is 1. The fourth-order valence-electron chi connectivity index (χ4n) is 3.16. The van der Waals surface area contributed by atoms with Gasteiger partial charge in [0.05, 0.1) is 6.54 Å². The molecule has 0 aliphatic carbocycles. The van der Waals surface area contributed by atoms with Gasteiger partial charge < -0.3 is 20.2 Å². The molecule has 1 aliphatic heterocycles. The van der Waals surface area contributed by atoms with Gasteiger partial charge in [0, 0.05) is 38.0 Å². The summed E-state index contributed by atoms with van der Waals surface area (Å²) in [5.41, 5.74) is -0.452. The van der Waals surface area contributed by atoms with Gasteiger partial charge in [-0.25, -0.2) is 4.99 Å². The third kappa shape index (κ3) is 5.56. The summed E-state index contributed by atoms with van der Waals surface area (Å²) in [6.45, 7) is 8.79. The summed E-state index contributed by atoms with van der Waals surface area (Å²) in [4.78, 5) is 29.4. The van der Waals surface area contributed by atoms with Gasteiger partial charge in [0.25, 0.3) is 0 Å². The van der Waals surface area contributed by atoms with Gasteiger partial charge in [-0.05, 0) is 40.2 Å². The maximum atomic E-state index is 11.8. The zero-order valence-electron chi connectivity index (χ0n) is 16.6. The highest BCUT2D eigenvalue weighted by atomic mass is 16.3. The van der Waals surface area contributed by atoms with Crippen molar-refractivity contribution in [3.8, 4) is 0 Å². The smallest absolute Gasteiger partial charge is 0.229 e. The molecular weight excluding hydrogens is 348 g/mol. The van der Waals surface area contributed by atoms with Crippen molar-refractivity contribution >= 4 is 17.8 Å². The lowest BCUT2D eigenvalue weighted by Crippen LogP contribution is -2.46. The van der Waals surface area contributed by atoms with Crippen molar-refractivity contribution in [2.45, 2.75) is 52.6 Å². The summed E-state index contributed by atoms with van der Waals surface area (Å²) in [6.07, 6.45) is 1.48. The molecule has 1 aromatic heterocycles. The Morgan fingerprint density at radius 2 is 1.96 bits per heavy atom. The second-order valence-electron chi connectivity index (χ2n) is 7.02. The fourth-order valence-corrected chi connectivity index (χ4v) is 3.16. The number of nitrogens with one attached hydrogen (secondary N) is 2. The Bertz CT molecular complexity index is 693. The topological polar surface area (TPSA) is 107 Å². The molecule has 8 heteroatoms. The van der Waals surface area contributed by atoms with Gasteiger partial charge in [-0.1, -0.05) is 0 Å². The minimum atomic E-state index is -1.16. The predicted octanol–water partition coefficient (Wildman–Crippen LogP) is 1.20. The number of rotatable bonds is 7. The number of carbonyl (C=O) groups is 2. The molecule has 150 valence electrons. The highest BCUT2D eigenvalue weighted by molar-refractivity contribution is 5.97. The van der Waals surface area contributed by atoms with E-state index in [0.717, 1.165) is 5.76 Å². The van der Waals surface area contributed by atoms with Crippen LogP contribution in [0.25, 0.3) is 0 Å². The van der Waals surface area contributed by atoms with Crippen molar-refractivity contribution in [1.82, 2.24) is 15.5 Å². The molecule has 1 aliphatic rings. The molecule has 0 spiro atoms. The lowest BCUT2D eigenvalue weighted by Gasteiger charge is -2.25. The van der Waals surface area contributed by atoms with Crippen LogP contribution in [0.5, 0.6) is 0 Å². The summed E-state index contributed by atoms with van der Waals surface area (Å²) in [7, 11) is 0. The first-order chi connectivity index (χ1) is 12.7. The maximum Gasteiger partial charge on any atom is 0.229 e. The quantitative estimate of drug-likeness (QED) is 0.374. The average molecular weight is 378 g/mol. The number of imide groups is 1. The number of likely N-dealkylation sites (tertiary alicyclic amines) is 1. The van der Waals surface area contributed by atoms with E-state index in [0.29, 0.717) is 56.2 Å². The van der Waals surface area contributed by atoms with Crippen LogP contribution in [0.4, 0.5) is 0 Å². The number of nitrogens with zero attached hydrogens (tertiary/aromatic N) is 2. The molecule has 0 bridgehead atoms. The van der Waals surface area contributed by atoms with E-state index in [-0.39, 0.29) is 18.4 Å². The minimum Gasteiger partial charge on any atom is -0.466 e. The van der Waals surface area contributed by atoms with Gasteiger partial charge in [0.15, 0.2) is 5.96 Å². The van der Waals surface area contributed by atoms with Crippen molar-refractivity contribution < 1.29 is 19.1 Å². The van der Waals surface area contributed by atoms with E-state index in [1.165, 1.54) is 4.90 Å². The van der Waals surface area contributed by atoms with Crippen molar-refractivity contribution in [2.75, 3.05) is 26.2 Å². The van der Waals surface area contributed by atoms with Gasteiger partial charge in [-0.3, -0.25) is 14.5 Å². The summed E-state index contributed by atoms with van der Waals surface area (Å²) < 4.78 is 5.50. The second-order valence-corrected chi connectivity index (χ2v) is 7.02. The first kappa shape index (κ1) is 21.0. The third-order valence-corrected chi connectivity index (χ3v) is 4.52. The molecular formula is C19H30N4O4. The molecule has 2 amide bonds. The van der Waals surface area contributed by atoms with Crippen molar-refractivity contribution in [2.24, 2.45) is 4.99 Å². The molecule has 0 aromatic carbocycles. The largest absolute Gasteiger partial charge is 0.466 e. The van der Waals surface area contributed by atoms with Crippen LogP contribution >= 0.6 is 0 Å². The molecule has 0 radical (unpaired) electrons. The minimum absolute atomic E-state index is 0.122. The van der Waals surface area contributed by atoms with Gasteiger partial charge in [-0.15, -0.1) is 0 Å². The first-order valence-electron chi connectivity index (χ1n) is 9.40. The van der Waals surface area contributed by atoms with E-state index >= 15 is 0 Å². The molecule has 1 saturated heterocycles. The van der Waals surface area contributed by atoms with E-state index in [1.54, 1.807) is 6.92 Å². The fraction of sp³-hybridized carbons (Fsp3) is 0.632. The number of carbonyl (C=O) groups excluding carboxylic acids is 2. The Labute approximate surface area is 160 Å². The van der Waals surface area contributed by atoms with Gasteiger partial charge in [0.1, 0.15) is 17.1 Å².